The van der Waals surface area contributed by atoms with E-state index in [-0.39, 0.29) is 12.3 Å². The van der Waals surface area contributed by atoms with Crippen LogP contribution in [0.5, 0.6) is 5.75 Å². The van der Waals surface area contributed by atoms with Gasteiger partial charge in [0.05, 0.1) is 12.1 Å². The van der Waals surface area contributed by atoms with Crippen LogP contribution in [0.4, 0.5) is 13.2 Å². The van der Waals surface area contributed by atoms with Crippen LogP contribution in [0.3, 0.4) is 0 Å². The molecule has 0 bridgehead atoms. The molecule has 1 N–H and O–H groups in total. The molecule has 1 amide bonds. The molecule has 1 heterocycles. The first kappa shape index (κ1) is 16.9. The standard InChI is InChI=1S/C15H15F3N2O3/c1-9-7-11(20-23-9)8-19-14(21)10(2)22-13-6-4-3-5-12(13)15(16,17)18/h3-7,10H,8H2,1-2H3,(H,19,21)/t10-/m1/s1. The highest BCUT2D eigenvalue weighted by atomic mass is 19.4. The highest BCUT2D eigenvalue weighted by Crippen LogP contribution is 2.36. The van der Waals surface area contributed by atoms with Crippen molar-refractivity contribution in [2.75, 3.05) is 0 Å². The monoisotopic (exact) mass is 328 g/mol. The summed E-state index contributed by atoms with van der Waals surface area (Å²) in [4.78, 5) is 11.9. The van der Waals surface area contributed by atoms with Crippen molar-refractivity contribution in [1.29, 1.82) is 0 Å². The summed E-state index contributed by atoms with van der Waals surface area (Å²) < 4.78 is 48.6. The fraction of sp³-hybridized carbons (Fsp3) is 0.333. The van der Waals surface area contributed by atoms with E-state index in [1.165, 1.54) is 25.1 Å². The first-order chi connectivity index (χ1) is 10.8. The van der Waals surface area contributed by atoms with E-state index in [1.807, 2.05) is 0 Å². The fourth-order valence-electron chi connectivity index (χ4n) is 1.87. The Bertz CT molecular complexity index is 683. The van der Waals surface area contributed by atoms with Crippen molar-refractivity contribution < 1.29 is 27.2 Å². The SMILES string of the molecule is Cc1cc(CNC(=O)[C@@H](C)Oc2ccccc2C(F)(F)F)no1. The predicted octanol–water partition coefficient (Wildman–Crippen LogP) is 3.09. The molecule has 0 saturated heterocycles. The third-order valence-electron chi connectivity index (χ3n) is 2.99. The average molecular weight is 328 g/mol. The molecule has 2 rings (SSSR count). The number of hydrogen-bond donors (Lipinski definition) is 1. The number of halogens is 3. The molecule has 0 fully saturated rings. The third-order valence-corrected chi connectivity index (χ3v) is 2.99. The number of alkyl halides is 3. The van der Waals surface area contributed by atoms with Gasteiger partial charge in [-0.05, 0) is 26.0 Å². The van der Waals surface area contributed by atoms with E-state index < -0.39 is 23.8 Å². The van der Waals surface area contributed by atoms with Crippen LogP contribution in [0.25, 0.3) is 0 Å². The van der Waals surface area contributed by atoms with Crippen molar-refractivity contribution >= 4 is 5.91 Å². The topological polar surface area (TPSA) is 64.4 Å². The molecule has 8 heteroatoms. The highest BCUT2D eigenvalue weighted by molar-refractivity contribution is 5.80. The predicted molar refractivity (Wildman–Crippen MR) is 74.6 cm³/mol. The molecule has 0 aliphatic heterocycles. The second-order valence-electron chi connectivity index (χ2n) is 4.90. The van der Waals surface area contributed by atoms with Crippen LogP contribution in [-0.2, 0) is 17.5 Å². The van der Waals surface area contributed by atoms with Crippen molar-refractivity contribution in [3.63, 3.8) is 0 Å². The van der Waals surface area contributed by atoms with Crippen LogP contribution in [0.15, 0.2) is 34.9 Å². The van der Waals surface area contributed by atoms with Gasteiger partial charge in [-0.2, -0.15) is 13.2 Å². The van der Waals surface area contributed by atoms with Gasteiger partial charge in [-0.15, -0.1) is 0 Å². The third kappa shape index (κ3) is 4.48. The molecular formula is C15H15F3N2O3. The molecule has 0 saturated carbocycles. The van der Waals surface area contributed by atoms with Gasteiger partial charge in [-0.3, -0.25) is 4.79 Å². The van der Waals surface area contributed by atoms with Gasteiger partial charge in [0.1, 0.15) is 17.2 Å². The van der Waals surface area contributed by atoms with E-state index in [4.69, 9.17) is 9.26 Å². The summed E-state index contributed by atoms with van der Waals surface area (Å²) in [5.74, 6) is -0.347. The van der Waals surface area contributed by atoms with E-state index in [9.17, 15) is 18.0 Å². The number of carbonyl (C=O) groups excluding carboxylic acids is 1. The summed E-state index contributed by atoms with van der Waals surface area (Å²) in [6, 6.07) is 6.39. The Morgan fingerprint density at radius 2 is 2.09 bits per heavy atom. The maximum atomic E-state index is 12.9. The smallest absolute Gasteiger partial charge is 0.419 e. The van der Waals surface area contributed by atoms with E-state index in [2.05, 4.69) is 10.5 Å². The van der Waals surface area contributed by atoms with Gasteiger partial charge in [0, 0.05) is 6.07 Å². The maximum Gasteiger partial charge on any atom is 0.419 e. The van der Waals surface area contributed by atoms with Crippen LogP contribution in [-0.4, -0.2) is 17.2 Å². The summed E-state index contributed by atoms with van der Waals surface area (Å²) in [7, 11) is 0. The zero-order valence-corrected chi connectivity index (χ0v) is 12.5. The largest absolute Gasteiger partial charge is 0.480 e. The van der Waals surface area contributed by atoms with E-state index in [0.717, 1.165) is 6.07 Å². The van der Waals surface area contributed by atoms with Crippen molar-refractivity contribution in [3.05, 3.63) is 47.3 Å². The molecule has 1 atom stereocenters. The van der Waals surface area contributed by atoms with Crippen molar-refractivity contribution in [2.24, 2.45) is 0 Å². The molecule has 0 unspecified atom stereocenters. The Kier molecular flexibility index (Phi) is 4.92. The molecular weight excluding hydrogens is 313 g/mol. The number of amides is 1. The summed E-state index contributed by atoms with van der Waals surface area (Å²) in [5, 5.41) is 6.22. The van der Waals surface area contributed by atoms with Crippen LogP contribution in [0, 0.1) is 6.92 Å². The van der Waals surface area contributed by atoms with Crippen molar-refractivity contribution in [2.45, 2.75) is 32.7 Å². The number of hydrogen-bond acceptors (Lipinski definition) is 4. The van der Waals surface area contributed by atoms with Crippen molar-refractivity contribution in [1.82, 2.24) is 10.5 Å². The molecule has 0 spiro atoms. The van der Waals surface area contributed by atoms with Gasteiger partial charge in [0.25, 0.3) is 5.91 Å². The number of para-hydroxylation sites is 1. The quantitative estimate of drug-likeness (QED) is 0.916. The maximum absolute atomic E-state index is 12.9. The lowest BCUT2D eigenvalue weighted by Gasteiger charge is -2.18. The number of benzene rings is 1. The summed E-state index contributed by atoms with van der Waals surface area (Å²) >= 11 is 0. The number of ether oxygens (including phenoxy) is 1. The lowest BCUT2D eigenvalue weighted by molar-refractivity contribution is -0.140. The van der Waals surface area contributed by atoms with Gasteiger partial charge in [0.15, 0.2) is 6.10 Å². The number of carbonyl (C=O) groups is 1. The minimum absolute atomic E-state index is 0.102. The van der Waals surface area contributed by atoms with Gasteiger partial charge in [-0.25, -0.2) is 0 Å². The van der Waals surface area contributed by atoms with Crippen LogP contribution in [0.1, 0.15) is 23.9 Å². The minimum atomic E-state index is -4.55. The molecule has 0 aliphatic carbocycles. The minimum Gasteiger partial charge on any atom is -0.480 e. The first-order valence-corrected chi connectivity index (χ1v) is 6.80. The molecule has 2 aromatic rings. The first-order valence-electron chi connectivity index (χ1n) is 6.80. The van der Waals surface area contributed by atoms with Gasteiger partial charge < -0.3 is 14.6 Å². The molecule has 1 aromatic carbocycles. The van der Waals surface area contributed by atoms with E-state index in [0.29, 0.717) is 11.5 Å². The summed E-state index contributed by atoms with van der Waals surface area (Å²) in [6.45, 7) is 3.18. The van der Waals surface area contributed by atoms with Crippen molar-refractivity contribution in [3.8, 4) is 5.75 Å². The Morgan fingerprint density at radius 1 is 1.39 bits per heavy atom. The number of aryl methyl sites for hydroxylation is 1. The Labute approximate surface area is 130 Å². The number of aromatic nitrogens is 1. The normalized spacial score (nSPS) is 12.7. The van der Waals surface area contributed by atoms with Gasteiger partial charge >= 0.3 is 6.18 Å². The molecule has 0 aliphatic rings. The Morgan fingerprint density at radius 3 is 2.70 bits per heavy atom. The molecule has 1 aromatic heterocycles. The Balaban J connectivity index is 1.98. The van der Waals surface area contributed by atoms with E-state index >= 15 is 0 Å². The molecule has 124 valence electrons. The number of nitrogens with one attached hydrogen (secondary N) is 1. The zero-order valence-electron chi connectivity index (χ0n) is 12.5. The number of rotatable bonds is 5. The Hall–Kier alpha value is -2.51. The van der Waals surface area contributed by atoms with Crippen LogP contribution >= 0.6 is 0 Å². The van der Waals surface area contributed by atoms with Gasteiger partial charge in [0.2, 0.25) is 0 Å². The average Bonchev–Trinajstić information content (AvgIpc) is 2.89. The fourth-order valence-corrected chi connectivity index (χ4v) is 1.87. The van der Waals surface area contributed by atoms with Crippen LogP contribution < -0.4 is 10.1 Å². The second-order valence-corrected chi connectivity index (χ2v) is 4.90. The van der Waals surface area contributed by atoms with Crippen LogP contribution in [0.2, 0.25) is 0 Å². The molecule has 5 nitrogen and oxygen atoms in total. The number of nitrogens with zero attached hydrogens (tertiary/aromatic N) is 1. The lowest BCUT2D eigenvalue weighted by Crippen LogP contribution is -2.36. The summed E-state index contributed by atoms with van der Waals surface area (Å²) in [6.07, 6.45) is -5.64. The second kappa shape index (κ2) is 6.72. The van der Waals surface area contributed by atoms with E-state index in [1.54, 1.807) is 13.0 Å². The van der Waals surface area contributed by atoms with Gasteiger partial charge in [-0.1, -0.05) is 17.3 Å². The lowest BCUT2D eigenvalue weighted by atomic mass is 10.2. The molecule has 23 heavy (non-hydrogen) atoms. The zero-order chi connectivity index (χ0) is 17.0. The molecule has 0 radical (unpaired) electrons. The summed E-state index contributed by atoms with van der Waals surface area (Å²) in [5.41, 5.74) is -0.412. The highest BCUT2D eigenvalue weighted by Gasteiger charge is 2.34.